The van der Waals surface area contributed by atoms with Crippen molar-refractivity contribution in [2.24, 2.45) is 0 Å². The first kappa shape index (κ1) is 22.4. The summed E-state index contributed by atoms with van der Waals surface area (Å²) in [5.74, 6) is -0.247. The molecule has 30 heavy (non-hydrogen) atoms. The first-order chi connectivity index (χ1) is 14.3. The lowest BCUT2D eigenvalue weighted by molar-refractivity contribution is 0.0951. The van der Waals surface area contributed by atoms with Crippen LogP contribution in [0.3, 0.4) is 0 Å². The minimum absolute atomic E-state index is 0.0678. The molecule has 7 nitrogen and oxygen atoms in total. The van der Waals surface area contributed by atoms with Crippen molar-refractivity contribution in [3.05, 3.63) is 65.2 Å². The SMILES string of the molecule is CN(C)Cc1ccc(CNC(=O)c2ccc(S(=O)(=O)NCC3CCCO3)cc2)cc1. The molecule has 1 amide bonds. The highest BCUT2D eigenvalue weighted by molar-refractivity contribution is 7.89. The predicted molar refractivity (Wildman–Crippen MR) is 116 cm³/mol. The number of amides is 1. The van der Waals surface area contributed by atoms with E-state index in [2.05, 4.69) is 14.9 Å². The molecule has 3 rings (SSSR count). The van der Waals surface area contributed by atoms with E-state index in [4.69, 9.17) is 4.74 Å². The molecule has 1 aliphatic rings. The Hall–Kier alpha value is -2.26. The van der Waals surface area contributed by atoms with Crippen LogP contribution < -0.4 is 10.0 Å². The van der Waals surface area contributed by atoms with Crippen LogP contribution in [-0.4, -0.2) is 52.6 Å². The second-order valence-corrected chi connectivity index (χ2v) is 9.52. The molecule has 2 aromatic rings. The number of hydrogen-bond donors (Lipinski definition) is 2. The summed E-state index contributed by atoms with van der Waals surface area (Å²) in [6, 6.07) is 14.0. The van der Waals surface area contributed by atoms with Gasteiger partial charge in [-0.2, -0.15) is 0 Å². The number of nitrogens with zero attached hydrogens (tertiary/aromatic N) is 1. The van der Waals surface area contributed by atoms with Gasteiger partial charge in [-0.3, -0.25) is 4.79 Å². The van der Waals surface area contributed by atoms with Gasteiger partial charge in [-0.1, -0.05) is 24.3 Å². The number of benzene rings is 2. The van der Waals surface area contributed by atoms with Crippen LogP contribution >= 0.6 is 0 Å². The molecule has 0 radical (unpaired) electrons. The first-order valence-corrected chi connectivity index (χ1v) is 11.5. The van der Waals surface area contributed by atoms with Crippen LogP contribution in [0.25, 0.3) is 0 Å². The molecular formula is C22H29N3O4S. The van der Waals surface area contributed by atoms with Gasteiger partial charge in [0.25, 0.3) is 5.91 Å². The van der Waals surface area contributed by atoms with E-state index < -0.39 is 10.0 Å². The van der Waals surface area contributed by atoms with Gasteiger partial charge in [0.2, 0.25) is 10.0 Å². The van der Waals surface area contributed by atoms with Crippen LogP contribution in [0.1, 0.15) is 34.3 Å². The molecule has 0 saturated carbocycles. The van der Waals surface area contributed by atoms with Gasteiger partial charge in [-0.05, 0) is 62.3 Å². The normalized spacial score (nSPS) is 16.7. The molecule has 1 atom stereocenters. The van der Waals surface area contributed by atoms with Crippen molar-refractivity contribution in [3.63, 3.8) is 0 Å². The van der Waals surface area contributed by atoms with Crippen LogP contribution in [0.5, 0.6) is 0 Å². The molecule has 1 unspecified atom stereocenters. The summed E-state index contributed by atoms with van der Waals surface area (Å²) in [6.07, 6.45) is 1.75. The van der Waals surface area contributed by atoms with E-state index in [1.54, 1.807) is 0 Å². The molecule has 1 fully saturated rings. The highest BCUT2D eigenvalue weighted by Gasteiger charge is 2.20. The lowest BCUT2D eigenvalue weighted by Crippen LogP contribution is -2.31. The zero-order chi connectivity index (χ0) is 21.6. The molecule has 0 aromatic heterocycles. The molecule has 1 saturated heterocycles. The number of carbonyl (C=O) groups excluding carboxylic acids is 1. The summed E-state index contributed by atoms with van der Waals surface area (Å²) < 4.78 is 32.8. The second-order valence-electron chi connectivity index (χ2n) is 7.75. The molecule has 0 aliphatic carbocycles. The third-order valence-corrected chi connectivity index (χ3v) is 6.37. The van der Waals surface area contributed by atoms with Crippen LogP contribution in [0.15, 0.2) is 53.4 Å². The van der Waals surface area contributed by atoms with Crippen molar-refractivity contribution in [2.75, 3.05) is 27.2 Å². The summed E-state index contributed by atoms with van der Waals surface area (Å²) in [5.41, 5.74) is 2.63. The van der Waals surface area contributed by atoms with Gasteiger partial charge >= 0.3 is 0 Å². The zero-order valence-corrected chi connectivity index (χ0v) is 18.2. The lowest BCUT2D eigenvalue weighted by atomic mass is 10.1. The highest BCUT2D eigenvalue weighted by atomic mass is 32.2. The average Bonchev–Trinajstić information content (AvgIpc) is 3.25. The Labute approximate surface area is 178 Å². The number of nitrogens with one attached hydrogen (secondary N) is 2. The van der Waals surface area contributed by atoms with Crippen LogP contribution in [0.4, 0.5) is 0 Å². The van der Waals surface area contributed by atoms with E-state index in [0.29, 0.717) is 18.7 Å². The van der Waals surface area contributed by atoms with Crippen molar-refractivity contribution < 1.29 is 17.9 Å². The smallest absolute Gasteiger partial charge is 0.251 e. The maximum absolute atomic E-state index is 12.4. The van der Waals surface area contributed by atoms with Gasteiger partial charge in [0.15, 0.2) is 0 Å². The van der Waals surface area contributed by atoms with E-state index in [1.165, 1.54) is 29.8 Å². The molecular weight excluding hydrogens is 402 g/mol. The Kier molecular flexibility index (Phi) is 7.60. The summed E-state index contributed by atoms with van der Waals surface area (Å²) >= 11 is 0. The number of carbonyl (C=O) groups is 1. The maximum Gasteiger partial charge on any atom is 0.251 e. The second kappa shape index (κ2) is 10.2. The largest absolute Gasteiger partial charge is 0.377 e. The van der Waals surface area contributed by atoms with E-state index >= 15 is 0 Å². The monoisotopic (exact) mass is 431 g/mol. The summed E-state index contributed by atoms with van der Waals surface area (Å²) in [5, 5.41) is 2.86. The minimum Gasteiger partial charge on any atom is -0.377 e. The van der Waals surface area contributed by atoms with E-state index in [-0.39, 0.29) is 23.5 Å². The van der Waals surface area contributed by atoms with Crippen LogP contribution in [-0.2, 0) is 27.8 Å². The fourth-order valence-electron chi connectivity index (χ4n) is 3.29. The Morgan fingerprint density at radius 2 is 1.73 bits per heavy atom. The van der Waals surface area contributed by atoms with E-state index in [0.717, 1.165) is 24.9 Å². The lowest BCUT2D eigenvalue weighted by Gasteiger charge is -2.12. The third-order valence-electron chi connectivity index (χ3n) is 4.93. The highest BCUT2D eigenvalue weighted by Crippen LogP contribution is 2.14. The van der Waals surface area contributed by atoms with Gasteiger partial charge < -0.3 is 15.0 Å². The number of hydrogen-bond acceptors (Lipinski definition) is 5. The quantitative estimate of drug-likeness (QED) is 0.635. The Balaban J connectivity index is 1.52. The van der Waals surface area contributed by atoms with Crippen molar-refractivity contribution in [3.8, 4) is 0 Å². The number of ether oxygens (including phenoxy) is 1. The molecule has 2 aromatic carbocycles. The fourth-order valence-corrected chi connectivity index (χ4v) is 4.36. The van der Waals surface area contributed by atoms with Crippen molar-refractivity contribution in [1.82, 2.24) is 14.9 Å². The van der Waals surface area contributed by atoms with Gasteiger partial charge in [0, 0.05) is 31.8 Å². The molecule has 8 heteroatoms. The third kappa shape index (κ3) is 6.37. The standard InChI is InChI=1S/C22H29N3O4S/c1-25(2)16-18-7-5-17(6-8-18)14-23-22(26)19-9-11-21(12-10-19)30(27,28)24-15-20-4-3-13-29-20/h5-12,20,24H,3-4,13-16H2,1-2H3,(H,23,26). The van der Waals surface area contributed by atoms with Gasteiger partial charge in [-0.15, -0.1) is 0 Å². The van der Waals surface area contributed by atoms with Crippen molar-refractivity contribution >= 4 is 15.9 Å². The van der Waals surface area contributed by atoms with E-state index in [1.807, 2.05) is 38.4 Å². The molecule has 2 N–H and O–H groups in total. The summed E-state index contributed by atoms with van der Waals surface area (Å²) in [7, 11) is 0.414. The molecule has 0 bridgehead atoms. The van der Waals surface area contributed by atoms with E-state index in [9.17, 15) is 13.2 Å². The summed E-state index contributed by atoms with van der Waals surface area (Å²) in [6.45, 7) is 2.21. The minimum atomic E-state index is -3.62. The van der Waals surface area contributed by atoms with Crippen molar-refractivity contribution in [2.45, 2.75) is 36.9 Å². The molecule has 162 valence electrons. The summed E-state index contributed by atoms with van der Waals surface area (Å²) in [4.78, 5) is 14.6. The Bertz CT molecular complexity index is 935. The van der Waals surface area contributed by atoms with Crippen LogP contribution in [0, 0.1) is 0 Å². The van der Waals surface area contributed by atoms with Gasteiger partial charge in [0.05, 0.1) is 11.0 Å². The van der Waals surface area contributed by atoms with Gasteiger partial charge in [-0.25, -0.2) is 13.1 Å². The molecule has 1 aliphatic heterocycles. The first-order valence-electron chi connectivity index (χ1n) is 10.1. The predicted octanol–water partition coefficient (Wildman–Crippen LogP) is 2.14. The molecule has 1 heterocycles. The number of rotatable bonds is 9. The molecule has 0 spiro atoms. The number of sulfonamides is 1. The van der Waals surface area contributed by atoms with Crippen molar-refractivity contribution in [1.29, 1.82) is 0 Å². The van der Waals surface area contributed by atoms with Gasteiger partial charge in [0.1, 0.15) is 0 Å². The fraction of sp³-hybridized carbons (Fsp3) is 0.409. The maximum atomic E-state index is 12.4. The Morgan fingerprint density at radius 3 is 2.33 bits per heavy atom. The average molecular weight is 432 g/mol. The topological polar surface area (TPSA) is 87.7 Å². The van der Waals surface area contributed by atoms with Crippen LogP contribution in [0.2, 0.25) is 0 Å². The Morgan fingerprint density at radius 1 is 1.07 bits per heavy atom. The zero-order valence-electron chi connectivity index (χ0n) is 17.4.